The molecule has 0 aliphatic heterocycles. The van der Waals surface area contributed by atoms with E-state index in [1.165, 1.54) is 15.8 Å². The smallest absolute Gasteiger partial charge is 0.0327 e. The van der Waals surface area contributed by atoms with Crippen molar-refractivity contribution in [3.63, 3.8) is 0 Å². The predicted molar refractivity (Wildman–Crippen MR) is 77.0 cm³/mol. The fraction of sp³-hybridized carbons (Fsp3) is 0.692. The minimum absolute atomic E-state index is 0.182. The maximum atomic E-state index is 3.64. The van der Waals surface area contributed by atoms with E-state index in [1.54, 1.807) is 11.3 Å². The Balaban J connectivity index is 2.51. The summed E-state index contributed by atoms with van der Waals surface area (Å²) in [5.74, 6) is 0. The molecule has 0 saturated heterocycles. The van der Waals surface area contributed by atoms with Gasteiger partial charge in [-0.15, -0.1) is 11.3 Å². The van der Waals surface area contributed by atoms with Crippen molar-refractivity contribution in [3.05, 3.63) is 20.8 Å². The van der Waals surface area contributed by atoms with Gasteiger partial charge in [0.2, 0.25) is 0 Å². The van der Waals surface area contributed by atoms with Gasteiger partial charge in [0, 0.05) is 21.4 Å². The van der Waals surface area contributed by atoms with Crippen LogP contribution < -0.4 is 5.32 Å². The Morgan fingerprint density at radius 2 is 1.88 bits per heavy atom. The molecule has 1 N–H and O–H groups in total. The SMILES string of the molecule is CC(C)(C)CC(C)(C)NCc1sccc1Br. The molecule has 0 fully saturated rings. The van der Waals surface area contributed by atoms with E-state index < -0.39 is 0 Å². The number of thiophene rings is 1. The van der Waals surface area contributed by atoms with Crippen molar-refractivity contribution in [2.75, 3.05) is 0 Å². The lowest BCUT2D eigenvalue weighted by atomic mass is 9.82. The van der Waals surface area contributed by atoms with E-state index in [9.17, 15) is 0 Å². The zero-order valence-electron chi connectivity index (χ0n) is 10.9. The molecule has 1 nitrogen and oxygen atoms in total. The first-order valence-electron chi connectivity index (χ1n) is 5.67. The van der Waals surface area contributed by atoms with Gasteiger partial charge < -0.3 is 5.32 Å². The molecule has 0 spiro atoms. The van der Waals surface area contributed by atoms with Gasteiger partial charge in [-0.3, -0.25) is 0 Å². The summed E-state index contributed by atoms with van der Waals surface area (Å²) < 4.78 is 1.22. The van der Waals surface area contributed by atoms with Gasteiger partial charge in [-0.2, -0.15) is 0 Å². The molecule has 0 saturated carbocycles. The lowest BCUT2D eigenvalue weighted by Gasteiger charge is -2.33. The van der Waals surface area contributed by atoms with Crippen LogP contribution in [0.1, 0.15) is 45.9 Å². The largest absolute Gasteiger partial charge is 0.307 e. The van der Waals surface area contributed by atoms with E-state index in [0.717, 1.165) is 6.54 Å². The molecule has 16 heavy (non-hydrogen) atoms. The lowest BCUT2D eigenvalue weighted by molar-refractivity contribution is 0.241. The van der Waals surface area contributed by atoms with Gasteiger partial charge >= 0.3 is 0 Å². The monoisotopic (exact) mass is 303 g/mol. The molecular formula is C13H22BrNS. The van der Waals surface area contributed by atoms with Crippen molar-refractivity contribution < 1.29 is 0 Å². The van der Waals surface area contributed by atoms with Crippen molar-refractivity contribution in [3.8, 4) is 0 Å². The molecule has 0 unspecified atom stereocenters. The topological polar surface area (TPSA) is 12.0 Å². The molecule has 0 atom stereocenters. The lowest BCUT2D eigenvalue weighted by Crippen LogP contribution is -2.41. The van der Waals surface area contributed by atoms with Crippen LogP contribution in [0.15, 0.2) is 15.9 Å². The third kappa shape index (κ3) is 4.98. The van der Waals surface area contributed by atoms with Gasteiger partial charge in [0.15, 0.2) is 0 Å². The van der Waals surface area contributed by atoms with Gasteiger partial charge in [-0.25, -0.2) is 0 Å². The Kier molecular flexibility index (Phi) is 4.61. The summed E-state index contributed by atoms with van der Waals surface area (Å²) in [5, 5.41) is 5.76. The molecule has 0 bridgehead atoms. The Morgan fingerprint density at radius 3 is 2.31 bits per heavy atom. The van der Waals surface area contributed by atoms with Crippen LogP contribution in [0, 0.1) is 5.41 Å². The van der Waals surface area contributed by atoms with Crippen LogP contribution >= 0.6 is 27.3 Å². The molecule has 0 amide bonds. The molecule has 1 heterocycles. The highest BCUT2D eigenvalue weighted by Crippen LogP contribution is 2.28. The van der Waals surface area contributed by atoms with Crippen molar-refractivity contribution in [2.45, 2.75) is 53.1 Å². The molecule has 1 rings (SSSR count). The van der Waals surface area contributed by atoms with Crippen molar-refractivity contribution in [1.29, 1.82) is 0 Å². The highest BCUT2D eigenvalue weighted by Gasteiger charge is 2.24. The molecule has 92 valence electrons. The van der Waals surface area contributed by atoms with E-state index in [0.29, 0.717) is 5.41 Å². The molecule has 0 aliphatic rings. The predicted octanol–water partition coefficient (Wildman–Crippen LogP) is 4.82. The zero-order valence-corrected chi connectivity index (χ0v) is 13.3. The van der Waals surface area contributed by atoms with Gasteiger partial charge in [-0.1, -0.05) is 20.8 Å². The maximum Gasteiger partial charge on any atom is 0.0327 e. The Morgan fingerprint density at radius 1 is 1.25 bits per heavy atom. The summed E-state index contributed by atoms with van der Waals surface area (Å²) in [5.41, 5.74) is 0.546. The van der Waals surface area contributed by atoms with Crippen molar-refractivity contribution in [2.24, 2.45) is 5.41 Å². The average molecular weight is 304 g/mol. The number of nitrogens with one attached hydrogen (secondary N) is 1. The Hall–Kier alpha value is 0.140. The second-order valence-electron chi connectivity index (χ2n) is 6.17. The number of halogens is 1. The van der Waals surface area contributed by atoms with Crippen molar-refractivity contribution in [1.82, 2.24) is 5.32 Å². The Bertz CT molecular complexity index is 336. The first-order valence-corrected chi connectivity index (χ1v) is 7.34. The summed E-state index contributed by atoms with van der Waals surface area (Å²) >= 11 is 5.36. The first kappa shape index (κ1) is 14.2. The van der Waals surface area contributed by atoms with Gasteiger partial charge in [-0.05, 0) is 53.1 Å². The number of hydrogen-bond donors (Lipinski definition) is 1. The standard InChI is InChI=1S/C13H22BrNS/c1-12(2,3)9-13(4,5)15-8-11-10(14)6-7-16-11/h6-7,15H,8-9H2,1-5H3. The van der Waals surface area contributed by atoms with E-state index >= 15 is 0 Å². The van der Waals surface area contributed by atoms with Crippen LogP contribution in [-0.2, 0) is 6.54 Å². The second-order valence-corrected chi connectivity index (χ2v) is 8.02. The van der Waals surface area contributed by atoms with Crippen LogP contribution in [0.25, 0.3) is 0 Å². The highest BCUT2D eigenvalue weighted by atomic mass is 79.9. The third-order valence-corrected chi connectivity index (χ3v) is 4.32. The van der Waals surface area contributed by atoms with Crippen LogP contribution in [0.2, 0.25) is 0 Å². The summed E-state index contributed by atoms with van der Waals surface area (Å²) in [7, 11) is 0. The quantitative estimate of drug-likeness (QED) is 0.841. The van der Waals surface area contributed by atoms with E-state index in [1.807, 2.05) is 0 Å². The third-order valence-electron chi connectivity index (χ3n) is 2.39. The normalized spacial score (nSPS) is 13.1. The molecular weight excluding hydrogens is 282 g/mol. The van der Waals surface area contributed by atoms with E-state index in [-0.39, 0.29) is 5.54 Å². The summed E-state index contributed by atoms with van der Waals surface area (Å²) in [6.45, 7) is 12.4. The highest BCUT2D eigenvalue weighted by molar-refractivity contribution is 9.10. The maximum absolute atomic E-state index is 3.64. The molecule has 3 heteroatoms. The minimum Gasteiger partial charge on any atom is -0.307 e. The summed E-state index contributed by atoms with van der Waals surface area (Å²) in [6, 6.07) is 2.11. The molecule has 1 aromatic rings. The average Bonchev–Trinajstić information content (AvgIpc) is 2.43. The zero-order chi connectivity index (χ0) is 12.4. The minimum atomic E-state index is 0.182. The first-order chi connectivity index (χ1) is 7.20. The molecule has 0 radical (unpaired) electrons. The van der Waals surface area contributed by atoms with Gasteiger partial charge in [0.05, 0.1) is 0 Å². The fourth-order valence-electron chi connectivity index (χ4n) is 2.16. The summed E-state index contributed by atoms with van der Waals surface area (Å²) in [4.78, 5) is 1.38. The summed E-state index contributed by atoms with van der Waals surface area (Å²) in [6.07, 6.45) is 1.17. The molecule has 0 aliphatic carbocycles. The molecule has 1 aromatic heterocycles. The van der Waals surface area contributed by atoms with Crippen LogP contribution in [0.3, 0.4) is 0 Å². The Labute approximate surface area is 112 Å². The van der Waals surface area contributed by atoms with Crippen LogP contribution in [0.4, 0.5) is 0 Å². The fourth-order valence-corrected chi connectivity index (χ4v) is 3.59. The molecule has 0 aromatic carbocycles. The van der Waals surface area contributed by atoms with Crippen molar-refractivity contribution >= 4 is 27.3 Å². The number of hydrogen-bond acceptors (Lipinski definition) is 2. The van der Waals surface area contributed by atoms with Crippen LogP contribution in [0.5, 0.6) is 0 Å². The van der Waals surface area contributed by atoms with Gasteiger partial charge in [0.25, 0.3) is 0 Å². The second kappa shape index (κ2) is 5.19. The van der Waals surface area contributed by atoms with E-state index in [2.05, 4.69) is 67.3 Å². The van der Waals surface area contributed by atoms with Crippen LogP contribution in [-0.4, -0.2) is 5.54 Å². The van der Waals surface area contributed by atoms with Gasteiger partial charge in [0.1, 0.15) is 0 Å². The number of rotatable bonds is 4. The van der Waals surface area contributed by atoms with E-state index in [4.69, 9.17) is 0 Å².